The van der Waals surface area contributed by atoms with Crippen LogP contribution in [0.15, 0.2) is 0 Å². The van der Waals surface area contributed by atoms with E-state index >= 15 is 0 Å². The van der Waals surface area contributed by atoms with E-state index in [2.05, 4.69) is 0 Å². The van der Waals surface area contributed by atoms with Gasteiger partial charge in [0, 0.05) is 35.5 Å². The highest BCUT2D eigenvalue weighted by molar-refractivity contribution is 7.84. The minimum absolute atomic E-state index is 0.618. The number of hydrogen-bond acceptors (Lipinski definition) is 3. The Morgan fingerprint density at radius 3 is 2.69 bits per heavy atom. The van der Waals surface area contributed by atoms with Gasteiger partial charge in [-0.1, -0.05) is 0 Å². The Morgan fingerprint density at radius 1 is 1.38 bits per heavy atom. The molecule has 0 aliphatic carbocycles. The predicted molar refractivity (Wildman–Crippen MR) is 55.1 cm³/mol. The van der Waals surface area contributed by atoms with Gasteiger partial charge in [0.1, 0.15) is 0 Å². The van der Waals surface area contributed by atoms with Crippen LogP contribution >= 0.6 is 0 Å². The van der Waals surface area contributed by atoms with Crippen molar-refractivity contribution in [1.82, 2.24) is 0 Å². The van der Waals surface area contributed by atoms with Crippen LogP contribution in [0.3, 0.4) is 0 Å². The van der Waals surface area contributed by atoms with Crippen LogP contribution in [-0.4, -0.2) is 35.5 Å². The summed E-state index contributed by atoms with van der Waals surface area (Å²) in [4.78, 5) is 0. The van der Waals surface area contributed by atoms with Crippen LogP contribution in [0.2, 0.25) is 0 Å². The van der Waals surface area contributed by atoms with Crippen LogP contribution < -0.4 is 5.73 Å². The molecule has 1 atom stereocenters. The summed E-state index contributed by atoms with van der Waals surface area (Å²) in [7, 11) is -0.653. The third kappa shape index (κ3) is 4.74. The van der Waals surface area contributed by atoms with Gasteiger partial charge in [0.05, 0.1) is 0 Å². The minimum Gasteiger partial charge on any atom is -0.381 e. The van der Waals surface area contributed by atoms with Crippen molar-refractivity contribution >= 4 is 10.8 Å². The summed E-state index contributed by atoms with van der Waals surface area (Å²) >= 11 is 0. The molecule has 0 aromatic heterocycles. The second-order valence-corrected chi connectivity index (χ2v) is 5.13. The lowest BCUT2D eigenvalue weighted by molar-refractivity contribution is 0.0725. The van der Waals surface area contributed by atoms with E-state index in [0.717, 1.165) is 44.0 Å². The molecule has 1 rings (SSSR count). The molecule has 4 heteroatoms. The van der Waals surface area contributed by atoms with E-state index in [1.165, 1.54) is 0 Å². The quantitative estimate of drug-likeness (QED) is 0.711. The van der Waals surface area contributed by atoms with Crippen molar-refractivity contribution in [2.45, 2.75) is 19.3 Å². The maximum Gasteiger partial charge on any atom is 0.0469 e. The van der Waals surface area contributed by atoms with E-state index in [1.54, 1.807) is 0 Å². The Bertz CT molecular complexity index is 158. The minimum atomic E-state index is -0.653. The third-order valence-electron chi connectivity index (χ3n) is 2.34. The van der Waals surface area contributed by atoms with E-state index in [4.69, 9.17) is 10.5 Å². The maximum atomic E-state index is 11.5. The van der Waals surface area contributed by atoms with Crippen molar-refractivity contribution in [2.75, 3.05) is 31.3 Å². The summed E-state index contributed by atoms with van der Waals surface area (Å²) in [5.74, 6) is 2.24. The van der Waals surface area contributed by atoms with Crippen LogP contribution in [0, 0.1) is 5.92 Å². The smallest absolute Gasteiger partial charge is 0.0469 e. The van der Waals surface area contributed by atoms with E-state index in [1.807, 2.05) is 0 Å². The van der Waals surface area contributed by atoms with Crippen LogP contribution in [0.1, 0.15) is 19.3 Å². The van der Waals surface area contributed by atoms with Gasteiger partial charge in [-0.25, -0.2) is 0 Å². The van der Waals surface area contributed by atoms with Gasteiger partial charge in [-0.2, -0.15) is 0 Å². The molecule has 0 spiro atoms. The molecule has 0 saturated carbocycles. The highest BCUT2D eigenvalue weighted by Crippen LogP contribution is 2.15. The zero-order valence-corrected chi connectivity index (χ0v) is 8.85. The predicted octanol–water partition coefficient (Wildman–Crippen LogP) is 0.510. The van der Waals surface area contributed by atoms with Gasteiger partial charge < -0.3 is 10.5 Å². The second kappa shape index (κ2) is 6.51. The van der Waals surface area contributed by atoms with Crippen molar-refractivity contribution in [1.29, 1.82) is 0 Å². The fourth-order valence-corrected chi connectivity index (χ4v) is 3.02. The molecule has 1 aliphatic rings. The topological polar surface area (TPSA) is 52.3 Å². The average molecular weight is 205 g/mol. The lowest BCUT2D eigenvalue weighted by Crippen LogP contribution is -2.22. The molecular weight excluding hydrogens is 186 g/mol. The normalized spacial score (nSPS) is 21.6. The second-order valence-electron chi connectivity index (χ2n) is 3.51. The standard InChI is InChI=1S/C9H19NO2S/c10-4-1-7-13(11)8-9-2-5-12-6-3-9/h9H,1-8,10H2. The van der Waals surface area contributed by atoms with Crippen molar-refractivity contribution in [2.24, 2.45) is 11.7 Å². The van der Waals surface area contributed by atoms with Gasteiger partial charge in [0.15, 0.2) is 0 Å². The number of nitrogens with two attached hydrogens (primary N) is 1. The molecule has 1 unspecified atom stereocenters. The van der Waals surface area contributed by atoms with Crippen molar-refractivity contribution in [3.8, 4) is 0 Å². The number of rotatable bonds is 5. The first-order valence-electron chi connectivity index (χ1n) is 4.95. The van der Waals surface area contributed by atoms with E-state index in [9.17, 15) is 4.21 Å². The summed E-state index contributed by atoms with van der Waals surface area (Å²) in [6, 6.07) is 0. The molecule has 1 saturated heterocycles. The van der Waals surface area contributed by atoms with Gasteiger partial charge in [0.2, 0.25) is 0 Å². The highest BCUT2D eigenvalue weighted by atomic mass is 32.2. The first-order valence-corrected chi connectivity index (χ1v) is 6.44. The molecule has 78 valence electrons. The Balaban J connectivity index is 2.11. The molecule has 3 nitrogen and oxygen atoms in total. The van der Waals surface area contributed by atoms with Crippen molar-refractivity contribution < 1.29 is 8.95 Å². The molecule has 1 heterocycles. The fraction of sp³-hybridized carbons (Fsp3) is 1.00. The van der Waals surface area contributed by atoms with Crippen molar-refractivity contribution in [3.63, 3.8) is 0 Å². The lowest BCUT2D eigenvalue weighted by Gasteiger charge is -2.21. The summed E-state index contributed by atoms with van der Waals surface area (Å²) < 4.78 is 16.7. The SMILES string of the molecule is NCCCS(=O)CC1CCOCC1. The molecule has 13 heavy (non-hydrogen) atoms. The van der Waals surface area contributed by atoms with Gasteiger partial charge >= 0.3 is 0 Å². The monoisotopic (exact) mass is 205 g/mol. The van der Waals surface area contributed by atoms with Crippen LogP contribution in [0.4, 0.5) is 0 Å². The summed E-state index contributed by atoms with van der Waals surface area (Å²) in [6.45, 7) is 2.34. The molecule has 1 aliphatic heterocycles. The van der Waals surface area contributed by atoms with Crippen LogP contribution in [0.25, 0.3) is 0 Å². The molecule has 2 N–H and O–H groups in total. The zero-order valence-electron chi connectivity index (χ0n) is 8.04. The van der Waals surface area contributed by atoms with Gasteiger partial charge in [-0.15, -0.1) is 0 Å². The fourth-order valence-electron chi connectivity index (χ4n) is 1.50. The van der Waals surface area contributed by atoms with E-state index < -0.39 is 10.8 Å². The van der Waals surface area contributed by atoms with Gasteiger partial charge in [-0.3, -0.25) is 4.21 Å². The van der Waals surface area contributed by atoms with Crippen molar-refractivity contribution in [3.05, 3.63) is 0 Å². The first-order chi connectivity index (χ1) is 6.33. The van der Waals surface area contributed by atoms with Gasteiger partial charge in [-0.05, 0) is 31.7 Å². The average Bonchev–Trinajstić information content (AvgIpc) is 2.16. The Morgan fingerprint density at radius 2 is 2.08 bits per heavy atom. The molecule has 0 aromatic carbocycles. The maximum absolute atomic E-state index is 11.5. The number of ether oxygens (including phenoxy) is 1. The van der Waals surface area contributed by atoms with E-state index in [-0.39, 0.29) is 0 Å². The number of hydrogen-bond donors (Lipinski definition) is 1. The molecule has 0 aromatic rings. The lowest BCUT2D eigenvalue weighted by atomic mass is 10.0. The molecule has 0 radical (unpaired) electrons. The van der Waals surface area contributed by atoms with E-state index in [0.29, 0.717) is 12.5 Å². The summed E-state index contributed by atoms with van der Waals surface area (Å²) in [6.07, 6.45) is 3.04. The molecule has 0 amide bonds. The Hall–Kier alpha value is 0.0700. The molecule has 0 bridgehead atoms. The van der Waals surface area contributed by atoms with Crippen LogP contribution in [-0.2, 0) is 15.5 Å². The zero-order chi connectivity index (χ0) is 9.52. The summed E-state index contributed by atoms with van der Waals surface area (Å²) in [5, 5.41) is 0. The molecule has 1 fully saturated rings. The largest absolute Gasteiger partial charge is 0.381 e. The first kappa shape index (κ1) is 11.1. The third-order valence-corrected chi connectivity index (χ3v) is 3.93. The van der Waals surface area contributed by atoms with Gasteiger partial charge in [0.25, 0.3) is 0 Å². The highest BCUT2D eigenvalue weighted by Gasteiger charge is 2.15. The summed E-state index contributed by atoms with van der Waals surface area (Å²) in [5.41, 5.74) is 5.36. The molecular formula is C9H19NO2S. The Kier molecular flexibility index (Phi) is 5.58. The van der Waals surface area contributed by atoms with Crippen LogP contribution in [0.5, 0.6) is 0 Å². The Labute approximate surface area is 82.5 Å².